The van der Waals surface area contributed by atoms with Crippen LogP contribution in [-0.4, -0.2) is 69.0 Å². The number of carboxylic acid groups (broad SMARTS) is 2. The summed E-state index contributed by atoms with van der Waals surface area (Å²) in [5.41, 5.74) is 7.95. The summed E-state index contributed by atoms with van der Waals surface area (Å²) in [4.78, 5) is 65.6. The van der Waals surface area contributed by atoms with E-state index in [1.165, 1.54) is 0 Å². The van der Waals surface area contributed by atoms with Gasteiger partial charge >= 0.3 is 11.9 Å². The second-order valence-corrected chi connectivity index (χ2v) is 10.1. The summed E-state index contributed by atoms with van der Waals surface area (Å²) >= 11 is 0. The number of para-hydroxylation sites is 1. The van der Waals surface area contributed by atoms with Crippen molar-refractivity contribution in [2.75, 3.05) is 0 Å². The molecule has 2 aromatic carbocycles. The molecule has 1 heterocycles. The van der Waals surface area contributed by atoms with E-state index in [4.69, 9.17) is 10.8 Å². The topological polar surface area (TPSA) is 204 Å². The molecule has 0 bridgehead atoms. The first kappa shape index (κ1) is 30.8. The van der Waals surface area contributed by atoms with Gasteiger partial charge < -0.3 is 36.9 Å². The van der Waals surface area contributed by atoms with Crippen molar-refractivity contribution in [3.05, 3.63) is 71.9 Å². The number of amides is 3. The van der Waals surface area contributed by atoms with E-state index in [1.807, 2.05) is 24.3 Å². The molecule has 0 aliphatic heterocycles. The molecule has 3 aromatic rings. The van der Waals surface area contributed by atoms with E-state index in [1.54, 1.807) is 50.4 Å². The Labute approximate surface area is 236 Å². The van der Waals surface area contributed by atoms with Gasteiger partial charge in [-0.25, -0.2) is 4.79 Å². The van der Waals surface area contributed by atoms with Crippen molar-refractivity contribution in [2.24, 2.45) is 11.7 Å². The number of benzene rings is 2. The predicted molar refractivity (Wildman–Crippen MR) is 151 cm³/mol. The molecule has 12 heteroatoms. The third-order valence-corrected chi connectivity index (χ3v) is 6.61. The van der Waals surface area contributed by atoms with Gasteiger partial charge in [0, 0.05) is 29.9 Å². The number of nitrogens with two attached hydrogens (primary N) is 1. The first-order valence-corrected chi connectivity index (χ1v) is 13.2. The molecular weight excluding hydrogens is 530 g/mol. The van der Waals surface area contributed by atoms with Crippen LogP contribution in [0.25, 0.3) is 10.9 Å². The highest BCUT2D eigenvalue weighted by Gasteiger charge is 2.32. The van der Waals surface area contributed by atoms with Crippen LogP contribution in [0.4, 0.5) is 0 Å². The molecule has 1 aromatic heterocycles. The van der Waals surface area contributed by atoms with Crippen molar-refractivity contribution >= 4 is 40.6 Å². The van der Waals surface area contributed by atoms with Crippen LogP contribution in [0.15, 0.2) is 60.8 Å². The maximum atomic E-state index is 13.6. The highest BCUT2D eigenvalue weighted by atomic mass is 16.4. The smallest absolute Gasteiger partial charge is 0.326 e. The van der Waals surface area contributed by atoms with Gasteiger partial charge in [0.15, 0.2) is 0 Å². The Kier molecular flexibility index (Phi) is 10.6. The number of hydrogen-bond donors (Lipinski definition) is 7. The number of fused-ring (bicyclic) bond motifs is 1. The Morgan fingerprint density at radius 1 is 0.805 bits per heavy atom. The van der Waals surface area contributed by atoms with Crippen LogP contribution in [0.1, 0.15) is 31.4 Å². The first-order valence-electron chi connectivity index (χ1n) is 13.2. The van der Waals surface area contributed by atoms with E-state index in [9.17, 15) is 29.1 Å². The normalized spacial score (nSPS) is 14.0. The molecule has 0 fully saturated rings. The zero-order valence-electron chi connectivity index (χ0n) is 22.8. The maximum absolute atomic E-state index is 13.6. The van der Waals surface area contributed by atoms with Crippen LogP contribution >= 0.6 is 0 Å². The Bertz CT molecular complexity index is 1390. The standard InChI is InChI=1S/C29H35N5O7/c1-16(2)25(29(40)41)34-28(39)23(13-18-15-31-21-11-7-6-10-19(18)21)33-27(38)22(12-17-8-4-3-5-9-17)32-26(37)20(30)14-24(35)36/h3-11,15-16,20,22-23,25,31H,12-14,30H2,1-2H3,(H,32,37)(H,33,38)(H,34,39)(H,35,36)(H,40,41). The van der Waals surface area contributed by atoms with Crippen LogP contribution in [0, 0.1) is 5.92 Å². The number of hydrogen-bond acceptors (Lipinski definition) is 6. The molecule has 218 valence electrons. The van der Waals surface area contributed by atoms with Gasteiger partial charge in [-0.2, -0.15) is 0 Å². The molecule has 4 atom stereocenters. The summed E-state index contributed by atoms with van der Waals surface area (Å²) in [5.74, 6) is -5.19. The lowest BCUT2D eigenvalue weighted by Crippen LogP contribution is -2.58. The largest absolute Gasteiger partial charge is 0.481 e. The Balaban J connectivity index is 1.90. The van der Waals surface area contributed by atoms with E-state index < -0.39 is 66.2 Å². The fourth-order valence-corrected chi connectivity index (χ4v) is 4.39. The fourth-order valence-electron chi connectivity index (χ4n) is 4.39. The van der Waals surface area contributed by atoms with Gasteiger partial charge in [-0.15, -0.1) is 0 Å². The van der Waals surface area contributed by atoms with Crippen LogP contribution < -0.4 is 21.7 Å². The van der Waals surface area contributed by atoms with Gasteiger partial charge in [-0.3, -0.25) is 19.2 Å². The number of carbonyl (C=O) groups is 5. The molecule has 41 heavy (non-hydrogen) atoms. The van der Waals surface area contributed by atoms with Crippen LogP contribution in [0.2, 0.25) is 0 Å². The van der Waals surface area contributed by atoms with Gasteiger partial charge in [0.1, 0.15) is 18.1 Å². The molecule has 12 nitrogen and oxygen atoms in total. The minimum atomic E-state index is -1.40. The maximum Gasteiger partial charge on any atom is 0.326 e. The Morgan fingerprint density at radius 2 is 1.39 bits per heavy atom. The number of aromatic amines is 1. The van der Waals surface area contributed by atoms with Crippen molar-refractivity contribution in [3.8, 4) is 0 Å². The lowest BCUT2D eigenvalue weighted by atomic mass is 10.00. The fraction of sp³-hybridized carbons (Fsp3) is 0.345. The average molecular weight is 566 g/mol. The molecule has 0 spiro atoms. The number of H-pyrrole nitrogens is 1. The molecule has 3 rings (SSSR count). The van der Waals surface area contributed by atoms with E-state index in [2.05, 4.69) is 20.9 Å². The second kappa shape index (κ2) is 14.1. The molecule has 0 aliphatic carbocycles. The number of aliphatic carboxylic acids is 2. The lowest BCUT2D eigenvalue weighted by Gasteiger charge is -2.26. The molecule has 0 saturated heterocycles. The first-order chi connectivity index (χ1) is 19.5. The van der Waals surface area contributed by atoms with Gasteiger partial charge in [0.2, 0.25) is 17.7 Å². The zero-order chi connectivity index (χ0) is 30.1. The number of carboxylic acids is 2. The molecular formula is C29H35N5O7. The summed E-state index contributed by atoms with van der Waals surface area (Å²) in [5, 5.41) is 27.2. The molecule has 8 N–H and O–H groups in total. The molecule has 4 unspecified atom stereocenters. The molecule has 0 saturated carbocycles. The van der Waals surface area contributed by atoms with Crippen molar-refractivity contribution in [1.82, 2.24) is 20.9 Å². The van der Waals surface area contributed by atoms with E-state index in [-0.39, 0.29) is 12.8 Å². The van der Waals surface area contributed by atoms with E-state index in [0.29, 0.717) is 11.1 Å². The highest BCUT2D eigenvalue weighted by Crippen LogP contribution is 2.19. The minimum Gasteiger partial charge on any atom is -0.481 e. The van der Waals surface area contributed by atoms with Gasteiger partial charge in [-0.05, 0) is 23.1 Å². The highest BCUT2D eigenvalue weighted by molar-refractivity contribution is 5.95. The summed E-state index contributed by atoms with van der Waals surface area (Å²) < 4.78 is 0. The van der Waals surface area contributed by atoms with Gasteiger partial charge in [0.05, 0.1) is 12.5 Å². The summed E-state index contributed by atoms with van der Waals surface area (Å²) in [6, 6.07) is 11.2. The monoisotopic (exact) mass is 565 g/mol. The number of carbonyl (C=O) groups excluding carboxylic acids is 3. The quantitative estimate of drug-likeness (QED) is 0.150. The molecule has 3 amide bonds. The molecule has 0 radical (unpaired) electrons. The molecule has 0 aliphatic rings. The third-order valence-electron chi connectivity index (χ3n) is 6.61. The lowest BCUT2D eigenvalue weighted by molar-refractivity contribution is -0.143. The van der Waals surface area contributed by atoms with Crippen LogP contribution in [-0.2, 0) is 36.8 Å². The van der Waals surface area contributed by atoms with Crippen molar-refractivity contribution in [2.45, 2.75) is 57.3 Å². The van der Waals surface area contributed by atoms with E-state index >= 15 is 0 Å². The van der Waals surface area contributed by atoms with Crippen molar-refractivity contribution in [3.63, 3.8) is 0 Å². The summed E-state index contributed by atoms with van der Waals surface area (Å²) in [6.45, 7) is 3.30. The third kappa shape index (κ3) is 8.64. The number of aromatic nitrogens is 1. The van der Waals surface area contributed by atoms with Gasteiger partial charge in [0.25, 0.3) is 0 Å². The predicted octanol–water partition coefficient (Wildman–Crippen LogP) is 0.950. The summed E-state index contributed by atoms with van der Waals surface area (Å²) in [6.07, 6.45) is 1.13. The minimum absolute atomic E-state index is 0.0244. The van der Waals surface area contributed by atoms with Crippen LogP contribution in [0.5, 0.6) is 0 Å². The van der Waals surface area contributed by atoms with Crippen molar-refractivity contribution in [1.29, 1.82) is 0 Å². The second-order valence-electron chi connectivity index (χ2n) is 10.1. The number of nitrogens with one attached hydrogen (secondary N) is 4. The van der Waals surface area contributed by atoms with Crippen LogP contribution in [0.3, 0.4) is 0 Å². The van der Waals surface area contributed by atoms with Gasteiger partial charge in [-0.1, -0.05) is 62.4 Å². The Morgan fingerprint density at radius 3 is 2.02 bits per heavy atom. The van der Waals surface area contributed by atoms with Crippen molar-refractivity contribution < 1.29 is 34.2 Å². The zero-order valence-corrected chi connectivity index (χ0v) is 22.8. The SMILES string of the molecule is CC(C)C(NC(=O)C(Cc1c[nH]c2ccccc12)NC(=O)C(Cc1ccccc1)NC(=O)C(N)CC(=O)O)C(=O)O. The number of rotatable bonds is 14. The summed E-state index contributed by atoms with van der Waals surface area (Å²) in [7, 11) is 0. The average Bonchev–Trinajstić information content (AvgIpc) is 3.33. The van der Waals surface area contributed by atoms with E-state index in [0.717, 1.165) is 10.9 Å². The Hall–Kier alpha value is -4.71.